The molecule has 214 valence electrons. The quantitative estimate of drug-likeness (QED) is 0.196. The number of nitrogens with zero attached hydrogens (tertiary/aromatic N) is 1. The van der Waals surface area contributed by atoms with Gasteiger partial charge in [-0.3, -0.25) is 9.59 Å². The van der Waals surface area contributed by atoms with Gasteiger partial charge in [-0.15, -0.1) is 0 Å². The van der Waals surface area contributed by atoms with Gasteiger partial charge in [0.05, 0.1) is 19.2 Å². The van der Waals surface area contributed by atoms with Crippen LogP contribution >= 0.6 is 0 Å². The molecule has 1 aromatic carbocycles. The molecule has 0 saturated heterocycles. The molecule has 2 atom stereocenters. The molecule has 6 nitrogen and oxygen atoms in total. The second kappa shape index (κ2) is 17.6. The smallest absolute Gasteiger partial charge is 0.330 e. The Labute approximate surface area is 231 Å². The SMILES string of the molecule is CC(C)C.CCOC(=O)/C=C/C(C)=C/[C@H](C(C)C)N(C)C(=O)CNC(=O)[C@@H](CC)C(C)(C)c1ccccc1. The number of allylic oxidation sites excluding steroid dienone is 2. The zero-order valence-corrected chi connectivity index (χ0v) is 25.6. The van der Waals surface area contributed by atoms with Crippen molar-refractivity contribution in [2.45, 2.75) is 87.1 Å². The minimum Gasteiger partial charge on any atom is -0.463 e. The van der Waals surface area contributed by atoms with Crippen LogP contribution in [-0.4, -0.2) is 48.9 Å². The average Bonchev–Trinajstić information content (AvgIpc) is 2.84. The van der Waals surface area contributed by atoms with Crippen LogP contribution in [0.25, 0.3) is 0 Å². The van der Waals surface area contributed by atoms with Crippen LogP contribution < -0.4 is 5.32 Å². The molecule has 0 unspecified atom stereocenters. The maximum Gasteiger partial charge on any atom is 0.330 e. The van der Waals surface area contributed by atoms with Crippen LogP contribution in [0.3, 0.4) is 0 Å². The summed E-state index contributed by atoms with van der Waals surface area (Å²) in [7, 11) is 1.74. The molecule has 0 aromatic heterocycles. The van der Waals surface area contributed by atoms with Crippen molar-refractivity contribution < 1.29 is 19.1 Å². The first kappa shape index (κ1) is 35.1. The Morgan fingerprint density at radius 3 is 2.03 bits per heavy atom. The largest absolute Gasteiger partial charge is 0.463 e. The monoisotopic (exact) mass is 528 g/mol. The van der Waals surface area contributed by atoms with Gasteiger partial charge in [0.15, 0.2) is 0 Å². The van der Waals surface area contributed by atoms with Gasteiger partial charge in [0.25, 0.3) is 0 Å². The third-order valence-electron chi connectivity index (χ3n) is 6.25. The minimum absolute atomic E-state index is 0.0640. The van der Waals surface area contributed by atoms with Gasteiger partial charge in [-0.05, 0) is 37.7 Å². The van der Waals surface area contributed by atoms with E-state index >= 15 is 0 Å². The van der Waals surface area contributed by atoms with E-state index in [2.05, 4.69) is 39.9 Å². The summed E-state index contributed by atoms with van der Waals surface area (Å²) in [6.45, 7) is 20.6. The van der Waals surface area contributed by atoms with Crippen LogP contribution in [0.4, 0.5) is 0 Å². The van der Waals surface area contributed by atoms with Gasteiger partial charge < -0.3 is 15.0 Å². The third-order valence-corrected chi connectivity index (χ3v) is 6.25. The summed E-state index contributed by atoms with van der Waals surface area (Å²) in [5.41, 5.74) is 1.59. The first-order chi connectivity index (χ1) is 17.7. The van der Waals surface area contributed by atoms with E-state index < -0.39 is 5.97 Å². The molecule has 1 aromatic rings. The molecule has 0 heterocycles. The van der Waals surface area contributed by atoms with Crippen LogP contribution in [0.5, 0.6) is 0 Å². The van der Waals surface area contributed by atoms with Crippen molar-refractivity contribution in [3.63, 3.8) is 0 Å². The van der Waals surface area contributed by atoms with E-state index in [1.807, 2.05) is 64.1 Å². The van der Waals surface area contributed by atoms with E-state index in [4.69, 9.17) is 4.74 Å². The molecule has 0 fully saturated rings. The highest BCUT2D eigenvalue weighted by Crippen LogP contribution is 2.33. The van der Waals surface area contributed by atoms with E-state index in [0.717, 1.165) is 17.1 Å². The fourth-order valence-corrected chi connectivity index (χ4v) is 4.14. The second-order valence-electron chi connectivity index (χ2n) is 11.2. The Hall–Kier alpha value is -2.89. The summed E-state index contributed by atoms with van der Waals surface area (Å²) in [4.78, 5) is 39.2. The lowest BCUT2D eigenvalue weighted by Crippen LogP contribution is -2.47. The number of ether oxygens (including phenoxy) is 1. The highest BCUT2D eigenvalue weighted by molar-refractivity contribution is 5.87. The molecular weight excluding hydrogens is 476 g/mol. The Balaban J connectivity index is 0.00000318. The number of rotatable bonds is 12. The number of carbonyl (C=O) groups excluding carboxylic acids is 3. The topological polar surface area (TPSA) is 75.7 Å². The number of benzene rings is 1. The number of likely N-dealkylation sites (N-methyl/N-ethyl adjacent to an activating group) is 1. The van der Waals surface area contributed by atoms with Crippen LogP contribution in [0.15, 0.2) is 54.1 Å². The van der Waals surface area contributed by atoms with Gasteiger partial charge >= 0.3 is 5.97 Å². The van der Waals surface area contributed by atoms with E-state index in [1.165, 1.54) is 6.08 Å². The number of nitrogens with one attached hydrogen (secondary N) is 1. The molecule has 0 aliphatic carbocycles. The lowest BCUT2D eigenvalue weighted by atomic mass is 9.71. The number of hydrogen-bond donors (Lipinski definition) is 1. The highest BCUT2D eigenvalue weighted by atomic mass is 16.5. The number of amides is 2. The molecule has 1 N–H and O–H groups in total. The summed E-state index contributed by atoms with van der Waals surface area (Å²) in [5.74, 6) is 0.0357. The molecule has 0 aliphatic heterocycles. The first-order valence-corrected chi connectivity index (χ1v) is 13.8. The maximum absolute atomic E-state index is 13.1. The normalized spacial score (nSPS) is 13.6. The molecule has 0 radical (unpaired) electrons. The predicted molar refractivity (Wildman–Crippen MR) is 158 cm³/mol. The van der Waals surface area contributed by atoms with Crippen molar-refractivity contribution in [1.82, 2.24) is 10.2 Å². The standard InChI is InChI=1S/C28H42N2O4.C4H10/c1-9-23(28(6,7)22-14-12-11-13-15-22)27(33)29-19-25(31)30(8)24(20(3)4)18-21(5)16-17-26(32)34-10-2;1-4(2)3/h11-18,20,23-24H,9-10,19H2,1-8H3,(H,29,33);4H,1-3H3/b17-16+,21-18+;/t23-,24-;/m1./s1. The molecular formula is C32H52N2O4. The lowest BCUT2D eigenvalue weighted by Gasteiger charge is -2.34. The van der Waals surface area contributed by atoms with Crippen molar-refractivity contribution in [1.29, 1.82) is 0 Å². The second-order valence-corrected chi connectivity index (χ2v) is 11.2. The fourth-order valence-electron chi connectivity index (χ4n) is 4.14. The molecule has 1 rings (SSSR count). The molecule has 6 heteroatoms. The van der Waals surface area contributed by atoms with Crippen LogP contribution in [0.2, 0.25) is 0 Å². The summed E-state index contributed by atoms with van der Waals surface area (Å²) < 4.78 is 4.91. The van der Waals surface area contributed by atoms with E-state index in [1.54, 1.807) is 24.9 Å². The maximum atomic E-state index is 13.1. The van der Waals surface area contributed by atoms with Crippen molar-refractivity contribution in [3.05, 3.63) is 59.7 Å². The van der Waals surface area contributed by atoms with E-state index in [0.29, 0.717) is 13.0 Å². The lowest BCUT2D eigenvalue weighted by molar-refractivity contribution is -0.137. The molecule has 2 amide bonds. The number of esters is 1. The Morgan fingerprint density at radius 2 is 1.55 bits per heavy atom. The van der Waals surface area contributed by atoms with Gasteiger partial charge in [-0.1, -0.05) is 103 Å². The summed E-state index contributed by atoms with van der Waals surface area (Å²) in [5, 5.41) is 2.87. The van der Waals surface area contributed by atoms with Gasteiger partial charge in [0.1, 0.15) is 0 Å². The van der Waals surface area contributed by atoms with Gasteiger partial charge in [0.2, 0.25) is 11.8 Å². The average molecular weight is 529 g/mol. The zero-order valence-electron chi connectivity index (χ0n) is 25.6. The first-order valence-electron chi connectivity index (χ1n) is 13.8. The minimum atomic E-state index is -0.396. The van der Waals surface area contributed by atoms with Crippen LogP contribution in [-0.2, 0) is 24.5 Å². The summed E-state index contributed by atoms with van der Waals surface area (Å²) in [6, 6.07) is 9.80. The molecule has 0 saturated carbocycles. The van der Waals surface area contributed by atoms with Gasteiger partial charge in [-0.25, -0.2) is 4.79 Å². The predicted octanol–water partition coefficient (Wildman–Crippen LogP) is 6.32. The Morgan fingerprint density at radius 1 is 1.00 bits per heavy atom. The fraction of sp³-hybridized carbons (Fsp3) is 0.594. The number of hydrogen-bond acceptors (Lipinski definition) is 4. The van der Waals surface area contributed by atoms with Crippen molar-refractivity contribution in [2.75, 3.05) is 20.2 Å². The summed E-state index contributed by atoms with van der Waals surface area (Å²) in [6.07, 6.45) is 5.69. The number of carbonyl (C=O) groups is 3. The molecule has 38 heavy (non-hydrogen) atoms. The van der Waals surface area contributed by atoms with E-state index in [-0.39, 0.29) is 41.7 Å². The Kier molecular flexibility index (Phi) is 16.3. The molecule has 0 spiro atoms. The van der Waals surface area contributed by atoms with Crippen LogP contribution in [0, 0.1) is 17.8 Å². The van der Waals surface area contributed by atoms with Crippen molar-refractivity contribution >= 4 is 17.8 Å². The molecule has 0 aliphatic rings. The molecule has 0 bridgehead atoms. The van der Waals surface area contributed by atoms with Crippen molar-refractivity contribution in [2.24, 2.45) is 17.8 Å². The third kappa shape index (κ3) is 12.6. The van der Waals surface area contributed by atoms with Crippen LogP contribution in [0.1, 0.15) is 81.2 Å². The summed E-state index contributed by atoms with van der Waals surface area (Å²) >= 11 is 0. The zero-order chi connectivity index (χ0) is 29.5. The van der Waals surface area contributed by atoms with E-state index in [9.17, 15) is 14.4 Å². The van der Waals surface area contributed by atoms with Crippen molar-refractivity contribution in [3.8, 4) is 0 Å². The van der Waals surface area contributed by atoms with Gasteiger partial charge in [0, 0.05) is 24.5 Å². The van der Waals surface area contributed by atoms with Gasteiger partial charge in [-0.2, -0.15) is 0 Å². The highest BCUT2D eigenvalue weighted by Gasteiger charge is 2.35. The Bertz CT molecular complexity index is 914.